The van der Waals surface area contributed by atoms with E-state index >= 15 is 0 Å². The number of nitrogens with two attached hydrogens (primary N) is 1. The normalized spacial score (nSPS) is 10.2. The van der Waals surface area contributed by atoms with Gasteiger partial charge < -0.3 is 15.6 Å². The molecule has 0 saturated carbocycles. The number of hydrogen-bond acceptors (Lipinski definition) is 3. The first-order chi connectivity index (χ1) is 8.97. The average molecular weight is 298 g/mol. The van der Waals surface area contributed by atoms with Gasteiger partial charge >= 0.3 is 5.97 Å². The van der Waals surface area contributed by atoms with E-state index in [1.54, 1.807) is 12.1 Å². The summed E-state index contributed by atoms with van der Waals surface area (Å²) in [4.78, 5) is 11.1. The van der Waals surface area contributed by atoms with E-state index in [2.05, 4.69) is 0 Å². The van der Waals surface area contributed by atoms with E-state index in [0.717, 1.165) is 0 Å². The minimum absolute atomic E-state index is 0.0314. The van der Waals surface area contributed by atoms with Crippen molar-refractivity contribution in [1.29, 1.82) is 0 Å². The molecule has 2 aromatic carbocycles. The Bertz CT molecular complexity index is 624. The molecule has 0 aliphatic rings. The summed E-state index contributed by atoms with van der Waals surface area (Å²) in [6, 6.07) is 9.07. The third kappa shape index (κ3) is 3.10. The zero-order valence-corrected chi connectivity index (χ0v) is 11.1. The Hall–Kier alpha value is -1.91. The van der Waals surface area contributed by atoms with Gasteiger partial charge in [-0.3, -0.25) is 0 Å². The zero-order chi connectivity index (χ0) is 14.0. The molecule has 0 bridgehead atoms. The zero-order valence-electron chi connectivity index (χ0n) is 9.56. The fraction of sp³-hybridized carbons (Fsp3) is 0. The lowest BCUT2D eigenvalue weighted by atomic mass is 10.1. The molecular weight excluding hydrogens is 289 g/mol. The molecule has 98 valence electrons. The first kappa shape index (κ1) is 13.5. The van der Waals surface area contributed by atoms with Crippen LogP contribution in [0, 0.1) is 0 Å². The van der Waals surface area contributed by atoms with Gasteiger partial charge in [0, 0.05) is 10.0 Å². The number of halogens is 2. The Balaban J connectivity index is 2.45. The van der Waals surface area contributed by atoms with E-state index in [-0.39, 0.29) is 17.0 Å². The predicted octanol–water partition coefficient (Wildman–Crippen LogP) is 4.07. The second-order valence-electron chi connectivity index (χ2n) is 3.74. The van der Waals surface area contributed by atoms with Gasteiger partial charge in [-0.25, -0.2) is 4.79 Å². The number of nitrogen functional groups attached to an aromatic ring is 1. The maximum Gasteiger partial charge on any atom is 0.339 e. The van der Waals surface area contributed by atoms with E-state index in [9.17, 15) is 4.79 Å². The van der Waals surface area contributed by atoms with Crippen LogP contribution < -0.4 is 10.5 Å². The number of para-hydroxylation sites is 1. The lowest BCUT2D eigenvalue weighted by Crippen LogP contribution is -2.02. The molecule has 2 rings (SSSR count). The monoisotopic (exact) mass is 297 g/mol. The Labute approximate surface area is 119 Å². The van der Waals surface area contributed by atoms with E-state index in [0.29, 0.717) is 15.8 Å². The van der Waals surface area contributed by atoms with Crippen molar-refractivity contribution in [2.75, 3.05) is 5.73 Å². The van der Waals surface area contributed by atoms with Crippen LogP contribution in [0.15, 0.2) is 36.4 Å². The molecule has 6 heteroatoms. The highest BCUT2D eigenvalue weighted by Gasteiger charge is 2.15. The number of carboxylic acids is 1. The number of anilines is 1. The quantitative estimate of drug-likeness (QED) is 0.838. The topological polar surface area (TPSA) is 72.6 Å². The number of ether oxygens (including phenoxy) is 1. The third-order valence-corrected chi connectivity index (χ3v) is 2.77. The highest BCUT2D eigenvalue weighted by molar-refractivity contribution is 6.34. The molecule has 0 fully saturated rings. The Morgan fingerprint density at radius 2 is 1.79 bits per heavy atom. The van der Waals surface area contributed by atoms with Crippen LogP contribution in [-0.4, -0.2) is 11.1 Å². The van der Waals surface area contributed by atoms with Gasteiger partial charge in [-0.15, -0.1) is 0 Å². The third-order valence-electron chi connectivity index (χ3n) is 2.33. The lowest BCUT2D eigenvalue weighted by Gasteiger charge is -2.11. The van der Waals surface area contributed by atoms with Crippen LogP contribution in [0.3, 0.4) is 0 Å². The molecule has 4 nitrogen and oxygen atoms in total. The van der Waals surface area contributed by atoms with Gasteiger partial charge in [-0.1, -0.05) is 29.3 Å². The molecule has 0 amide bonds. The van der Waals surface area contributed by atoms with Crippen molar-refractivity contribution in [3.05, 3.63) is 52.0 Å². The van der Waals surface area contributed by atoms with Gasteiger partial charge in [0.15, 0.2) is 5.75 Å². The maximum absolute atomic E-state index is 11.1. The summed E-state index contributed by atoms with van der Waals surface area (Å²) in [6.07, 6.45) is 0. The molecule has 0 radical (unpaired) electrons. The first-order valence-corrected chi connectivity index (χ1v) is 5.98. The SMILES string of the molecule is Nc1cccc(C(=O)O)c1Oc1cc(Cl)cc(Cl)c1. The lowest BCUT2D eigenvalue weighted by molar-refractivity contribution is 0.0694. The molecule has 0 saturated heterocycles. The van der Waals surface area contributed by atoms with E-state index in [1.807, 2.05) is 0 Å². The van der Waals surface area contributed by atoms with Crippen molar-refractivity contribution in [2.45, 2.75) is 0 Å². The second-order valence-corrected chi connectivity index (χ2v) is 4.61. The summed E-state index contributed by atoms with van der Waals surface area (Å²) >= 11 is 11.7. The summed E-state index contributed by atoms with van der Waals surface area (Å²) < 4.78 is 5.49. The number of aromatic carboxylic acids is 1. The van der Waals surface area contributed by atoms with Gasteiger partial charge in [0.2, 0.25) is 0 Å². The van der Waals surface area contributed by atoms with Crippen molar-refractivity contribution in [3.8, 4) is 11.5 Å². The van der Waals surface area contributed by atoms with Crippen LogP contribution >= 0.6 is 23.2 Å². The highest BCUT2D eigenvalue weighted by atomic mass is 35.5. The molecule has 0 aromatic heterocycles. The summed E-state index contributed by atoms with van der Waals surface area (Å²) in [7, 11) is 0. The van der Waals surface area contributed by atoms with Crippen LogP contribution in [0.4, 0.5) is 5.69 Å². The largest absolute Gasteiger partial charge is 0.478 e. The van der Waals surface area contributed by atoms with Crippen LogP contribution in [0.5, 0.6) is 11.5 Å². The van der Waals surface area contributed by atoms with Crippen molar-refractivity contribution in [1.82, 2.24) is 0 Å². The molecular formula is C13H9Cl2NO3. The second kappa shape index (κ2) is 5.38. The molecule has 0 atom stereocenters. The summed E-state index contributed by atoms with van der Waals surface area (Å²) in [6.45, 7) is 0. The number of benzene rings is 2. The van der Waals surface area contributed by atoms with Crippen molar-refractivity contribution in [2.24, 2.45) is 0 Å². The average Bonchev–Trinajstić information content (AvgIpc) is 2.30. The number of carbonyl (C=O) groups is 1. The van der Waals surface area contributed by atoms with Crippen molar-refractivity contribution < 1.29 is 14.6 Å². The maximum atomic E-state index is 11.1. The molecule has 19 heavy (non-hydrogen) atoms. The molecule has 0 aliphatic heterocycles. The van der Waals surface area contributed by atoms with Gasteiger partial charge in [-0.2, -0.15) is 0 Å². The number of hydrogen-bond donors (Lipinski definition) is 2. The Morgan fingerprint density at radius 1 is 1.16 bits per heavy atom. The fourth-order valence-electron chi connectivity index (χ4n) is 1.54. The van der Waals surface area contributed by atoms with Gasteiger partial charge in [0.05, 0.1) is 5.69 Å². The Kier molecular flexibility index (Phi) is 3.83. The molecule has 0 heterocycles. The van der Waals surface area contributed by atoms with E-state index in [4.69, 9.17) is 38.8 Å². The summed E-state index contributed by atoms with van der Waals surface area (Å²) in [5.74, 6) is -0.748. The first-order valence-electron chi connectivity index (χ1n) is 5.23. The van der Waals surface area contributed by atoms with E-state index in [1.165, 1.54) is 24.3 Å². The van der Waals surface area contributed by atoms with Crippen LogP contribution in [-0.2, 0) is 0 Å². The standard InChI is InChI=1S/C13H9Cl2NO3/c14-7-4-8(15)6-9(5-7)19-12-10(13(17)18)2-1-3-11(12)16/h1-6H,16H2,(H,17,18). The Morgan fingerprint density at radius 3 is 2.37 bits per heavy atom. The van der Waals surface area contributed by atoms with Gasteiger partial charge in [-0.05, 0) is 30.3 Å². The minimum Gasteiger partial charge on any atom is -0.478 e. The molecule has 0 unspecified atom stereocenters. The number of carboxylic acid groups (broad SMARTS) is 1. The predicted molar refractivity (Wildman–Crippen MR) is 74.3 cm³/mol. The van der Waals surface area contributed by atoms with Crippen LogP contribution in [0.1, 0.15) is 10.4 Å². The van der Waals surface area contributed by atoms with Crippen LogP contribution in [0.2, 0.25) is 10.0 Å². The molecule has 2 aromatic rings. The highest BCUT2D eigenvalue weighted by Crippen LogP contribution is 2.34. The van der Waals surface area contributed by atoms with E-state index < -0.39 is 5.97 Å². The van der Waals surface area contributed by atoms with Crippen LogP contribution in [0.25, 0.3) is 0 Å². The van der Waals surface area contributed by atoms with Gasteiger partial charge in [0.25, 0.3) is 0 Å². The summed E-state index contributed by atoms with van der Waals surface area (Å²) in [5, 5.41) is 9.86. The molecule has 0 aliphatic carbocycles. The summed E-state index contributed by atoms with van der Waals surface area (Å²) in [5.41, 5.74) is 5.92. The minimum atomic E-state index is -1.13. The molecule has 0 spiro atoms. The fourth-order valence-corrected chi connectivity index (χ4v) is 2.05. The van der Waals surface area contributed by atoms with Crippen molar-refractivity contribution in [3.63, 3.8) is 0 Å². The number of rotatable bonds is 3. The van der Waals surface area contributed by atoms with Crippen molar-refractivity contribution >= 4 is 34.9 Å². The smallest absolute Gasteiger partial charge is 0.339 e. The van der Waals surface area contributed by atoms with Gasteiger partial charge in [0.1, 0.15) is 11.3 Å². The molecule has 3 N–H and O–H groups in total.